The van der Waals surface area contributed by atoms with Gasteiger partial charge in [0.2, 0.25) is 6.41 Å². The zero-order valence-electron chi connectivity index (χ0n) is 10.5. The molecule has 104 valence electrons. The smallest absolute Gasteiger partial charge is 0.273 e. The van der Waals surface area contributed by atoms with E-state index in [-0.39, 0.29) is 12.5 Å². The van der Waals surface area contributed by atoms with Gasteiger partial charge in [0.05, 0.1) is 0 Å². The molecule has 1 saturated heterocycles. The maximum Gasteiger partial charge on any atom is 0.273 e. The number of anilines is 1. The van der Waals surface area contributed by atoms with Crippen molar-refractivity contribution in [2.24, 2.45) is 5.92 Å². The number of hydrogen-bond donors (Lipinski definition) is 2. The first kappa shape index (κ1) is 14.0. The van der Waals surface area contributed by atoms with E-state index in [1.807, 2.05) is 0 Å². The van der Waals surface area contributed by atoms with Gasteiger partial charge in [0.25, 0.3) is 5.91 Å². The monoisotopic (exact) mass is 283 g/mol. The minimum absolute atomic E-state index is 0.0855. The molecule has 1 aromatic heterocycles. The number of carbonyl (C=O) groups excluding carboxylic acids is 2. The van der Waals surface area contributed by atoms with Crippen LogP contribution in [0.4, 0.5) is 5.13 Å². The highest BCUT2D eigenvalue weighted by Gasteiger charge is 2.24. The predicted molar refractivity (Wildman–Crippen MR) is 72.1 cm³/mol. The minimum atomic E-state index is -0.0855. The molecule has 2 N–H and O–H groups in total. The van der Waals surface area contributed by atoms with E-state index in [1.54, 1.807) is 10.3 Å². The van der Waals surface area contributed by atoms with Crippen LogP contribution in [-0.4, -0.2) is 47.0 Å². The Labute approximate surface area is 115 Å². The second kappa shape index (κ2) is 6.63. The summed E-state index contributed by atoms with van der Waals surface area (Å²) in [5.41, 5.74) is 0.384. The van der Waals surface area contributed by atoms with Gasteiger partial charge in [-0.1, -0.05) is 0 Å². The molecule has 2 heterocycles. The Bertz CT molecular complexity index is 441. The van der Waals surface area contributed by atoms with Crippen molar-refractivity contribution in [2.75, 3.05) is 25.0 Å². The van der Waals surface area contributed by atoms with Gasteiger partial charge in [-0.3, -0.25) is 9.59 Å². The maximum absolute atomic E-state index is 12.2. The number of nitrogens with one attached hydrogen (secondary N) is 1. The molecule has 0 saturated carbocycles. The molecule has 2 rings (SSSR count). The van der Waals surface area contributed by atoms with Crippen molar-refractivity contribution in [3.05, 3.63) is 11.1 Å². The lowest BCUT2D eigenvalue weighted by Crippen LogP contribution is -2.38. The summed E-state index contributed by atoms with van der Waals surface area (Å²) in [7, 11) is 0. The molecule has 19 heavy (non-hydrogen) atoms. The molecule has 0 aliphatic carbocycles. The summed E-state index contributed by atoms with van der Waals surface area (Å²) in [6.45, 7) is 1.63. The molecule has 2 amide bonds. The van der Waals surface area contributed by atoms with Crippen molar-refractivity contribution >= 4 is 28.8 Å². The highest BCUT2D eigenvalue weighted by atomic mass is 32.1. The van der Waals surface area contributed by atoms with Crippen LogP contribution < -0.4 is 5.32 Å². The molecule has 7 heteroatoms. The third-order valence-corrected chi connectivity index (χ3v) is 4.12. The molecule has 6 nitrogen and oxygen atoms in total. The molecule has 0 bridgehead atoms. The second-order valence-corrected chi connectivity index (χ2v) is 5.41. The molecule has 0 radical (unpaired) electrons. The average Bonchev–Trinajstić information content (AvgIpc) is 2.88. The van der Waals surface area contributed by atoms with Gasteiger partial charge in [0, 0.05) is 25.1 Å². The molecule has 1 aliphatic rings. The highest BCUT2D eigenvalue weighted by molar-refractivity contribution is 7.14. The first-order chi connectivity index (χ1) is 9.24. The normalized spacial score (nSPS) is 16.4. The number of piperidine rings is 1. The van der Waals surface area contributed by atoms with E-state index in [9.17, 15) is 9.59 Å². The summed E-state index contributed by atoms with van der Waals surface area (Å²) in [6.07, 6.45) is 3.21. The van der Waals surface area contributed by atoms with E-state index in [4.69, 9.17) is 5.11 Å². The number of amides is 2. The van der Waals surface area contributed by atoms with Crippen LogP contribution in [0.1, 0.15) is 29.8 Å². The van der Waals surface area contributed by atoms with Gasteiger partial charge >= 0.3 is 0 Å². The summed E-state index contributed by atoms with van der Waals surface area (Å²) in [5.74, 6) is 0.425. The number of thiazole rings is 1. The molecule has 0 unspecified atom stereocenters. The fraction of sp³-hybridized carbons (Fsp3) is 0.583. The van der Waals surface area contributed by atoms with E-state index in [0.717, 1.165) is 19.3 Å². The largest absolute Gasteiger partial charge is 0.396 e. The van der Waals surface area contributed by atoms with Crippen LogP contribution in [-0.2, 0) is 4.79 Å². The van der Waals surface area contributed by atoms with E-state index >= 15 is 0 Å². The summed E-state index contributed by atoms with van der Waals surface area (Å²) in [5, 5.41) is 13.4. The van der Waals surface area contributed by atoms with Crippen molar-refractivity contribution < 1.29 is 14.7 Å². The lowest BCUT2D eigenvalue weighted by atomic mass is 9.94. The number of aromatic nitrogens is 1. The van der Waals surface area contributed by atoms with Gasteiger partial charge < -0.3 is 15.3 Å². The molecule has 0 aromatic carbocycles. The molecular weight excluding hydrogens is 266 g/mol. The van der Waals surface area contributed by atoms with E-state index in [1.165, 1.54) is 11.3 Å². The number of aliphatic hydroxyl groups is 1. The average molecular weight is 283 g/mol. The van der Waals surface area contributed by atoms with Crippen LogP contribution in [0.3, 0.4) is 0 Å². The predicted octanol–water partition coefficient (Wildman–Crippen LogP) is 0.946. The number of hydrogen-bond acceptors (Lipinski definition) is 5. The Morgan fingerprint density at radius 3 is 2.95 bits per heavy atom. The molecule has 0 spiro atoms. The van der Waals surface area contributed by atoms with Crippen molar-refractivity contribution in [3.8, 4) is 0 Å². The van der Waals surface area contributed by atoms with Gasteiger partial charge in [-0.15, -0.1) is 11.3 Å². The Hall–Kier alpha value is -1.47. The number of likely N-dealkylation sites (tertiary alicyclic amines) is 1. The van der Waals surface area contributed by atoms with Gasteiger partial charge in [-0.25, -0.2) is 4.98 Å². The minimum Gasteiger partial charge on any atom is -0.396 e. The fourth-order valence-electron chi connectivity index (χ4n) is 2.26. The van der Waals surface area contributed by atoms with Crippen molar-refractivity contribution in [3.63, 3.8) is 0 Å². The van der Waals surface area contributed by atoms with Gasteiger partial charge in [-0.05, 0) is 25.2 Å². The van der Waals surface area contributed by atoms with Crippen molar-refractivity contribution in [1.29, 1.82) is 0 Å². The first-order valence-corrected chi connectivity index (χ1v) is 7.18. The number of nitrogens with zero attached hydrogens (tertiary/aromatic N) is 2. The zero-order valence-corrected chi connectivity index (χ0v) is 11.4. The summed E-state index contributed by atoms with van der Waals surface area (Å²) in [6, 6.07) is 0. The van der Waals surface area contributed by atoms with Crippen LogP contribution in [0.2, 0.25) is 0 Å². The summed E-state index contributed by atoms with van der Waals surface area (Å²) < 4.78 is 0. The van der Waals surface area contributed by atoms with E-state index in [2.05, 4.69) is 10.3 Å². The van der Waals surface area contributed by atoms with Crippen LogP contribution in [0.25, 0.3) is 0 Å². The second-order valence-electron chi connectivity index (χ2n) is 4.55. The van der Waals surface area contributed by atoms with Crippen LogP contribution in [0, 0.1) is 5.92 Å². The highest BCUT2D eigenvalue weighted by Crippen LogP contribution is 2.22. The fourth-order valence-corrected chi connectivity index (χ4v) is 2.90. The summed E-state index contributed by atoms with van der Waals surface area (Å²) in [4.78, 5) is 28.3. The summed E-state index contributed by atoms with van der Waals surface area (Å²) >= 11 is 1.24. The van der Waals surface area contributed by atoms with Gasteiger partial charge in [-0.2, -0.15) is 0 Å². The first-order valence-electron chi connectivity index (χ1n) is 6.30. The molecule has 0 atom stereocenters. The van der Waals surface area contributed by atoms with Gasteiger partial charge in [0.15, 0.2) is 5.13 Å². The lowest BCUT2D eigenvalue weighted by Gasteiger charge is -2.31. The van der Waals surface area contributed by atoms with Crippen LogP contribution in [0.5, 0.6) is 0 Å². The Balaban J connectivity index is 1.91. The Kier molecular flexibility index (Phi) is 4.86. The molecule has 1 fully saturated rings. The molecule has 1 aromatic rings. The lowest BCUT2D eigenvalue weighted by molar-refractivity contribution is -0.105. The molecule has 1 aliphatic heterocycles. The van der Waals surface area contributed by atoms with Crippen LogP contribution >= 0.6 is 11.3 Å². The standard InChI is InChI=1S/C12H17N3O3S/c16-6-3-9-1-4-15(5-2-9)11(18)10-7-19-12(14-10)13-8-17/h7-9,16H,1-6H2,(H,13,14,17). The van der Waals surface area contributed by atoms with Crippen molar-refractivity contribution in [2.45, 2.75) is 19.3 Å². The topological polar surface area (TPSA) is 82.5 Å². The number of aliphatic hydroxyl groups excluding tert-OH is 1. The zero-order chi connectivity index (χ0) is 13.7. The SMILES string of the molecule is O=CNc1nc(C(=O)N2CCC(CCO)CC2)cs1. The third-order valence-electron chi connectivity index (χ3n) is 3.34. The van der Waals surface area contributed by atoms with Crippen LogP contribution in [0.15, 0.2) is 5.38 Å². The van der Waals surface area contributed by atoms with E-state index < -0.39 is 0 Å². The van der Waals surface area contributed by atoms with Gasteiger partial charge in [0.1, 0.15) is 5.69 Å². The number of rotatable bonds is 5. The third kappa shape index (κ3) is 3.51. The quantitative estimate of drug-likeness (QED) is 0.788. The molecular formula is C12H17N3O3S. The Morgan fingerprint density at radius 2 is 2.32 bits per heavy atom. The van der Waals surface area contributed by atoms with E-state index in [0.29, 0.717) is 36.2 Å². The Morgan fingerprint density at radius 1 is 1.58 bits per heavy atom. The number of carbonyl (C=O) groups is 2. The maximum atomic E-state index is 12.2. The van der Waals surface area contributed by atoms with Crippen molar-refractivity contribution in [1.82, 2.24) is 9.88 Å².